The van der Waals surface area contributed by atoms with Gasteiger partial charge < -0.3 is 15.3 Å². The molecule has 5 nitrogen and oxygen atoms in total. The summed E-state index contributed by atoms with van der Waals surface area (Å²) in [4.78, 5) is 25.3. The Labute approximate surface area is 128 Å². The number of hydrogen-bond donors (Lipinski definition) is 2. The molecule has 0 aromatic rings. The summed E-state index contributed by atoms with van der Waals surface area (Å²) in [5, 5.41) is 12.0. The van der Waals surface area contributed by atoms with E-state index in [0.29, 0.717) is 12.3 Å². The Morgan fingerprint density at radius 1 is 1.29 bits per heavy atom. The first-order chi connectivity index (χ1) is 9.58. The van der Waals surface area contributed by atoms with Gasteiger partial charge in [0.1, 0.15) is 0 Å². The summed E-state index contributed by atoms with van der Waals surface area (Å²) in [6.07, 6.45) is 2.78. The van der Waals surface area contributed by atoms with Crippen LogP contribution in [0.15, 0.2) is 0 Å². The maximum atomic E-state index is 12.5. The van der Waals surface area contributed by atoms with Crippen molar-refractivity contribution in [3.05, 3.63) is 0 Å². The minimum Gasteiger partial charge on any atom is -0.481 e. The van der Waals surface area contributed by atoms with Crippen LogP contribution in [0.3, 0.4) is 0 Å². The van der Waals surface area contributed by atoms with E-state index >= 15 is 0 Å². The number of urea groups is 1. The number of carbonyl (C=O) groups excluding carboxylic acids is 1. The van der Waals surface area contributed by atoms with E-state index < -0.39 is 5.97 Å². The molecule has 2 amide bonds. The summed E-state index contributed by atoms with van der Waals surface area (Å²) in [7, 11) is 0. The fourth-order valence-corrected chi connectivity index (χ4v) is 2.95. The summed E-state index contributed by atoms with van der Waals surface area (Å²) in [6, 6.07) is -0.217. The van der Waals surface area contributed by atoms with Gasteiger partial charge in [-0.1, -0.05) is 27.7 Å². The van der Waals surface area contributed by atoms with Gasteiger partial charge in [-0.3, -0.25) is 4.79 Å². The Hall–Kier alpha value is -1.26. The zero-order chi connectivity index (χ0) is 16.2. The molecule has 0 aromatic heterocycles. The predicted molar refractivity (Wildman–Crippen MR) is 83.2 cm³/mol. The molecule has 3 unspecified atom stereocenters. The number of nitrogens with zero attached hydrogens (tertiary/aromatic N) is 1. The SMILES string of the molecule is CC1CCC(C)N(C(=O)NC(CC(=O)O)CC(C)(C)C)C1. The maximum absolute atomic E-state index is 12.5. The first kappa shape index (κ1) is 17.8. The molecule has 5 heteroatoms. The highest BCUT2D eigenvalue weighted by molar-refractivity contribution is 5.76. The summed E-state index contributed by atoms with van der Waals surface area (Å²) in [6.45, 7) is 11.1. The smallest absolute Gasteiger partial charge is 0.317 e. The van der Waals surface area contributed by atoms with Crippen LogP contribution in [0.4, 0.5) is 4.79 Å². The topological polar surface area (TPSA) is 69.6 Å². The fraction of sp³-hybridized carbons (Fsp3) is 0.875. The lowest BCUT2D eigenvalue weighted by atomic mass is 9.87. The third kappa shape index (κ3) is 6.36. The number of aliphatic carboxylic acids is 1. The molecule has 1 fully saturated rings. The molecule has 2 N–H and O–H groups in total. The third-order valence-corrected chi connectivity index (χ3v) is 3.99. The van der Waals surface area contributed by atoms with E-state index in [0.717, 1.165) is 19.4 Å². The lowest BCUT2D eigenvalue weighted by Crippen LogP contribution is -2.52. The summed E-state index contributed by atoms with van der Waals surface area (Å²) in [5.41, 5.74) is -0.0196. The van der Waals surface area contributed by atoms with Gasteiger partial charge in [-0.25, -0.2) is 4.79 Å². The van der Waals surface area contributed by atoms with Gasteiger partial charge in [-0.05, 0) is 37.5 Å². The fourth-order valence-electron chi connectivity index (χ4n) is 2.95. The highest BCUT2D eigenvalue weighted by Gasteiger charge is 2.29. The van der Waals surface area contributed by atoms with E-state index in [1.165, 1.54) is 0 Å². The van der Waals surface area contributed by atoms with Gasteiger partial charge in [0.2, 0.25) is 0 Å². The largest absolute Gasteiger partial charge is 0.481 e. The Morgan fingerprint density at radius 3 is 2.43 bits per heavy atom. The van der Waals surface area contributed by atoms with Gasteiger partial charge in [0.25, 0.3) is 0 Å². The quantitative estimate of drug-likeness (QED) is 0.838. The number of carbonyl (C=O) groups is 2. The van der Waals surface area contributed by atoms with Gasteiger partial charge in [-0.15, -0.1) is 0 Å². The van der Waals surface area contributed by atoms with Crippen LogP contribution in [0.25, 0.3) is 0 Å². The van der Waals surface area contributed by atoms with Crippen molar-refractivity contribution in [1.82, 2.24) is 10.2 Å². The summed E-state index contributed by atoms with van der Waals surface area (Å²) < 4.78 is 0. The summed E-state index contributed by atoms with van der Waals surface area (Å²) in [5.74, 6) is -0.364. The van der Waals surface area contributed by atoms with E-state index in [4.69, 9.17) is 5.11 Å². The number of hydrogen-bond acceptors (Lipinski definition) is 2. The van der Waals surface area contributed by atoms with Crippen LogP contribution in [0.1, 0.15) is 60.3 Å². The van der Waals surface area contributed by atoms with E-state index in [9.17, 15) is 9.59 Å². The molecular weight excluding hydrogens is 268 g/mol. The predicted octanol–water partition coefficient (Wildman–Crippen LogP) is 3.10. The molecule has 1 saturated heterocycles. The second kappa shape index (κ2) is 7.14. The van der Waals surface area contributed by atoms with Crippen LogP contribution in [-0.4, -0.2) is 40.6 Å². The number of piperidine rings is 1. The third-order valence-electron chi connectivity index (χ3n) is 3.99. The van der Waals surface area contributed by atoms with Crippen molar-refractivity contribution in [1.29, 1.82) is 0 Å². The van der Waals surface area contributed by atoms with Crippen LogP contribution in [0.5, 0.6) is 0 Å². The second-order valence-electron chi connectivity index (χ2n) is 7.69. The number of nitrogens with one attached hydrogen (secondary N) is 1. The standard InChI is InChI=1S/C16H30N2O3/c1-11-6-7-12(2)18(10-11)15(21)17-13(8-14(19)20)9-16(3,4)5/h11-13H,6-10H2,1-5H3,(H,17,21)(H,19,20). The Bertz CT molecular complexity index is 376. The Kier molecular flexibility index (Phi) is 6.05. The van der Waals surface area contributed by atoms with Gasteiger partial charge in [0.15, 0.2) is 0 Å². The monoisotopic (exact) mass is 298 g/mol. The zero-order valence-corrected chi connectivity index (χ0v) is 14.0. The maximum Gasteiger partial charge on any atom is 0.317 e. The average molecular weight is 298 g/mol. The van der Waals surface area contributed by atoms with Gasteiger partial charge in [0.05, 0.1) is 6.42 Å². The van der Waals surface area contributed by atoms with Gasteiger partial charge in [0, 0.05) is 18.6 Å². The Morgan fingerprint density at radius 2 is 1.90 bits per heavy atom. The molecule has 0 aromatic carbocycles. The molecule has 0 radical (unpaired) electrons. The molecule has 1 aliphatic rings. The minimum atomic E-state index is -0.871. The average Bonchev–Trinajstić information content (AvgIpc) is 2.28. The van der Waals surface area contributed by atoms with E-state index in [2.05, 4.69) is 39.9 Å². The zero-order valence-electron chi connectivity index (χ0n) is 14.0. The van der Waals surface area contributed by atoms with Crippen molar-refractivity contribution in [2.45, 2.75) is 72.4 Å². The van der Waals surface area contributed by atoms with Crippen molar-refractivity contribution in [3.8, 4) is 0 Å². The molecule has 122 valence electrons. The highest BCUT2D eigenvalue weighted by atomic mass is 16.4. The van der Waals surface area contributed by atoms with Gasteiger partial charge >= 0.3 is 12.0 Å². The molecule has 21 heavy (non-hydrogen) atoms. The van der Waals surface area contributed by atoms with E-state index in [1.807, 2.05) is 4.90 Å². The van der Waals surface area contributed by atoms with Crippen LogP contribution >= 0.6 is 0 Å². The van der Waals surface area contributed by atoms with Gasteiger partial charge in [-0.2, -0.15) is 0 Å². The normalized spacial score (nSPS) is 24.5. The summed E-state index contributed by atoms with van der Waals surface area (Å²) >= 11 is 0. The molecule has 3 atom stereocenters. The number of carboxylic acids is 1. The lowest BCUT2D eigenvalue weighted by molar-refractivity contribution is -0.137. The van der Waals surface area contributed by atoms with Crippen molar-refractivity contribution < 1.29 is 14.7 Å². The van der Waals surface area contributed by atoms with Crippen LogP contribution in [0, 0.1) is 11.3 Å². The molecule has 1 aliphatic heterocycles. The van der Waals surface area contributed by atoms with E-state index in [-0.39, 0.29) is 30.0 Å². The second-order valence-corrected chi connectivity index (χ2v) is 7.69. The van der Waals surface area contributed by atoms with Crippen molar-refractivity contribution in [2.75, 3.05) is 6.54 Å². The van der Waals surface area contributed by atoms with E-state index in [1.54, 1.807) is 0 Å². The Balaban J connectivity index is 2.67. The van der Waals surface area contributed by atoms with Crippen LogP contribution in [-0.2, 0) is 4.79 Å². The molecule has 1 rings (SSSR count). The van der Waals surface area contributed by atoms with Crippen molar-refractivity contribution in [2.24, 2.45) is 11.3 Å². The molecule has 0 bridgehead atoms. The lowest BCUT2D eigenvalue weighted by Gasteiger charge is -2.38. The molecule has 0 saturated carbocycles. The van der Waals surface area contributed by atoms with Crippen LogP contribution < -0.4 is 5.32 Å². The number of carboxylic acid groups (broad SMARTS) is 1. The van der Waals surface area contributed by atoms with Crippen molar-refractivity contribution in [3.63, 3.8) is 0 Å². The number of likely N-dealkylation sites (tertiary alicyclic amines) is 1. The van der Waals surface area contributed by atoms with Crippen molar-refractivity contribution >= 4 is 12.0 Å². The molecular formula is C16H30N2O3. The molecule has 0 aliphatic carbocycles. The number of amides is 2. The minimum absolute atomic E-state index is 0.0196. The molecule has 0 spiro atoms. The number of rotatable bonds is 4. The molecule has 1 heterocycles. The highest BCUT2D eigenvalue weighted by Crippen LogP contribution is 2.24. The first-order valence-corrected chi connectivity index (χ1v) is 7.87. The first-order valence-electron chi connectivity index (χ1n) is 7.87. The van der Waals surface area contributed by atoms with Crippen LogP contribution in [0.2, 0.25) is 0 Å².